The third-order valence-electron chi connectivity index (χ3n) is 4.15. The molecular weight excluding hydrogens is 236 g/mol. The SMILES string of the molecule is CCCCOCCNCCN(C)C1CCCCCC1. The molecule has 1 rings (SSSR count). The lowest BCUT2D eigenvalue weighted by Gasteiger charge is -2.27. The summed E-state index contributed by atoms with van der Waals surface area (Å²) in [6, 6.07) is 0.824. The molecule has 0 spiro atoms. The Balaban J connectivity index is 1.93. The van der Waals surface area contributed by atoms with Crippen molar-refractivity contribution >= 4 is 0 Å². The average Bonchev–Trinajstić information content (AvgIpc) is 2.70. The van der Waals surface area contributed by atoms with Crippen molar-refractivity contribution < 1.29 is 4.74 Å². The molecule has 3 heteroatoms. The molecule has 0 aromatic heterocycles. The molecule has 0 aromatic carbocycles. The fourth-order valence-corrected chi connectivity index (χ4v) is 2.75. The number of nitrogens with zero attached hydrogens (tertiary/aromatic N) is 1. The predicted octanol–water partition coefficient (Wildman–Crippen LogP) is 3.05. The van der Waals surface area contributed by atoms with E-state index in [2.05, 4.69) is 24.2 Å². The van der Waals surface area contributed by atoms with Gasteiger partial charge in [0, 0.05) is 32.3 Å². The number of ether oxygens (including phenoxy) is 1. The highest BCUT2D eigenvalue weighted by Gasteiger charge is 2.15. The molecule has 0 bridgehead atoms. The average molecular weight is 270 g/mol. The summed E-state index contributed by atoms with van der Waals surface area (Å²) in [7, 11) is 2.29. The molecule has 0 heterocycles. The van der Waals surface area contributed by atoms with Gasteiger partial charge in [-0.1, -0.05) is 39.0 Å². The van der Waals surface area contributed by atoms with Gasteiger partial charge in [-0.05, 0) is 26.3 Å². The lowest BCUT2D eigenvalue weighted by molar-refractivity contribution is 0.131. The first-order valence-corrected chi connectivity index (χ1v) is 8.33. The number of nitrogens with one attached hydrogen (secondary N) is 1. The van der Waals surface area contributed by atoms with E-state index in [1.807, 2.05) is 0 Å². The van der Waals surface area contributed by atoms with Gasteiger partial charge in [-0.3, -0.25) is 0 Å². The van der Waals surface area contributed by atoms with Crippen molar-refractivity contribution in [1.82, 2.24) is 10.2 Å². The molecule has 1 aliphatic rings. The van der Waals surface area contributed by atoms with Crippen LogP contribution in [0.25, 0.3) is 0 Å². The van der Waals surface area contributed by atoms with Crippen LogP contribution in [0.2, 0.25) is 0 Å². The molecule has 19 heavy (non-hydrogen) atoms. The Morgan fingerprint density at radius 3 is 2.47 bits per heavy atom. The second kappa shape index (κ2) is 11.7. The fourth-order valence-electron chi connectivity index (χ4n) is 2.75. The quantitative estimate of drug-likeness (QED) is 0.488. The molecule has 114 valence electrons. The third kappa shape index (κ3) is 8.61. The van der Waals surface area contributed by atoms with Crippen molar-refractivity contribution in [1.29, 1.82) is 0 Å². The summed E-state index contributed by atoms with van der Waals surface area (Å²) in [5.74, 6) is 0. The Morgan fingerprint density at radius 1 is 1.05 bits per heavy atom. The van der Waals surface area contributed by atoms with E-state index in [4.69, 9.17) is 4.74 Å². The minimum Gasteiger partial charge on any atom is -0.380 e. The molecule has 1 saturated carbocycles. The van der Waals surface area contributed by atoms with Crippen molar-refractivity contribution in [3.63, 3.8) is 0 Å². The molecule has 1 N–H and O–H groups in total. The highest BCUT2D eigenvalue weighted by molar-refractivity contribution is 4.72. The summed E-state index contributed by atoms with van der Waals surface area (Å²) in [6.45, 7) is 7.21. The first-order valence-electron chi connectivity index (χ1n) is 8.33. The van der Waals surface area contributed by atoms with E-state index in [1.54, 1.807) is 0 Å². The monoisotopic (exact) mass is 270 g/mol. The van der Waals surface area contributed by atoms with Crippen LogP contribution in [0.15, 0.2) is 0 Å². The molecule has 0 amide bonds. The molecular formula is C16H34N2O. The van der Waals surface area contributed by atoms with Gasteiger partial charge in [0.2, 0.25) is 0 Å². The van der Waals surface area contributed by atoms with E-state index >= 15 is 0 Å². The summed E-state index contributed by atoms with van der Waals surface area (Å²) in [6.07, 6.45) is 10.9. The molecule has 1 aliphatic carbocycles. The molecule has 0 unspecified atom stereocenters. The van der Waals surface area contributed by atoms with Crippen molar-refractivity contribution in [3.05, 3.63) is 0 Å². The first kappa shape index (κ1) is 16.9. The smallest absolute Gasteiger partial charge is 0.0590 e. The second-order valence-corrected chi connectivity index (χ2v) is 5.84. The molecule has 1 fully saturated rings. The zero-order valence-corrected chi connectivity index (χ0v) is 13.1. The maximum atomic E-state index is 5.54. The molecule has 0 atom stereocenters. The van der Waals surface area contributed by atoms with Gasteiger partial charge in [0.25, 0.3) is 0 Å². The van der Waals surface area contributed by atoms with Gasteiger partial charge in [-0.25, -0.2) is 0 Å². The van der Waals surface area contributed by atoms with E-state index < -0.39 is 0 Å². The summed E-state index contributed by atoms with van der Waals surface area (Å²) in [5, 5.41) is 3.48. The Morgan fingerprint density at radius 2 is 1.79 bits per heavy atom. The van der Waals surface area contributed by atoms with Crippen molar-refractivity contribution in [2.45, 2.75) is 64.3 Å². The summed E-state index contributed by atoms with van der Waals surface area (Å²) in [5.41, 5.74) is 0. The van der Waals surface area contributed by atoms with Crippen LogP contribution >= 0.6 is 0 Å². The molecule has 0 radical (unpaired) electrons. The van der Waals surface area contributed by atoms with E-state index in [0.717, 1.165) is 32.3 Å². The highest BCUT2D eigenvalue weighted by Crippen LogP contribution is 2.20. The molecule has 0 saturated heterocycles. The van der Waals surface area contributed by atoms with E-state index in [9.17, 15) is 0 Å². The van der Waals surface area contributed by atoms with Gasteiger partial charge >= 0.3 is 0 Å². The molecule has 0 aliphatic heterocycles. The number of hydrogen-bond donors (Lipinski definition) is 1. The van der Waals surface area contributed by atoms with Gasteiger partial charge in [-0.2, -0.15) is 0 Å². The van der Waals surface area contributed by atoms with Crippen molar-refractivity contribution in [2.75, 3.05) is 39.9 Å². The van der Waals surface area contributed by atoms with Gasteiger partial charge < -0.3 is 15.0 Å². The first-order chi connectivity index (χ1) is 9.34. The van der Waals surface area contributed by atoms with E-state index in [0.29, 0.717) is 0 Å². The van der Waals surface area contributed by atoms with Crippen LogP contribution in [0, 0.1) is 0 Å². The second-order valence-electron chi connectivity index (χ2n) is 5.84. The number of hydrogen-bond acceptors (Lipinski definition) is 3. The molecule has 3 nitrogen and oxygen atoms in total. The summed E-state index contributed by atoms with van der Waals surface area (Å²) >= 11 is 0. The van der Waals surface area contributed by atoms with Crippen LogP contribution in [0.1, 0.15) is 58.3 Å². The molecule has 0 aromatic rings. The Hall–Kier alpha value is -0.120. The van der Waals surface area contributed by atoms with Gasteiger partial charge in [-0.15, -0.1) is 0 Å². The van der Waals surface area contributed by atoms with Gasteiger partial charge in [0.1, 0.15) is 0 Å². The van der Waals surface area contributed by atoms with Crippen molar-refractivity contribution in [2.24, 2.45) is 0 Å². The third-order valence-corrected chi connectivity index (χ3v) is 4.15. The number of likely N-dealkylation sites (N-methyl/N-ethyl adjacent to an activating group) is 1. The Kier molecular flexibility index (Phi) is 10.4. The lowest BCUT2D eigenvalue weighted by atomic mass is 10.1. The zero-order chi connectivity index (χ0) is 13.8. The van der Waals surface area contributed by atoms with Gasteiger partial charge in [0.15, 0.2) is 0 Å². The predicted molar refractivity (Wildman–Crippen MR) is 82.7 cm³/mol. The van der Waals surface area contributed by atoms with Crippen LogP contribution in [0.4, 0.5) is 0 Å². The maximum Gasteiger partial charge on any atom is 0.0590 e. The number of rotatable bonds is 10. The van der Waals surface area contributed by atoms with Gasteiger partial charge in [0.05, 0.1) is 6.61 Å². The van der Waals surface area contributed by atoms with Crippen LogP contribution in [-0.4, -0.2) is 50.8 Å². The Bertz CT molecular complexity index is 191. The van der Waals surface area contributed by atoms with Crippen LogP contribution in [0.3, 0.4) is 0 Å². The lowest BCUT2D eigenvalue weighted by Crippen LogP contribution is -2.37. The number of unbranched alkanes of at least 4 members (excludes halogenated alkanes) is 1. The zero-order valence-electron chi connectivity index (χ0n) is 13.1. The highest BCUT2D eigenvalue weighted by atomic mass is 16.5. The minimum absolute atomic E-state index is 0.824. The standard InChI is InChI=1S/C16H34N2O/c1-3-4-14-19-15-12-17-11-13-18(2)16-9-7-5-6-8-10-16/h16-17H,3-15H2,1-2H3. The largest absolute Gasteiger partial charge is 0.380 e. The van der Waals surface area contributed by atoms with Crippen LogP contribution in [-0.2, 0) is 4.74 Å². The van der Waals surface area contributed by atoms with Crippen LogP contribution < -0.4 is 5.32 Å². The Labute approximate surface area is 120 Å². The van der Waals surface area contributed by atoms with E-state index in [-0.39, 0.29) is 0 Å². The summed E-state index contributed by atoms with van der Waals surface area (Å²) in [4.78, 5) is 2.55. The normalized spacial score (nSPS) is 17.8. The van der Waals surface area contributed by atoms with Crippen LogP contribution in [0.5, 0.6) is 0 Å². The topological polar surface area (TPSA) is 24.5 Å². The maximum absolute atomic E-state index is 5.54. The fraction of sp³-hybridized carbons (Fsp3) is 1.00. The summed E-state index contributed by atoms with van der Waals surface area (Å²) < 4.78 is 5.54. The minimum atomic E-state index is 0.824. The van der Waals surface area contributed by atoms with E-state index in [1.165, 1.54) is 57.9 Å². The van der Waals surface area contributed by atoms with Crippen molar-refractivity contribution in [3.8, 4) is 0 Å².